The lowest BCUT2D eigenvalue weighted by atomic mass is 9.97. The summed E-state index contributed by atoms with van der Waals surface area (Å²) in [4.78, 5) is 13.4. The fraction of sp³-hybridized carbons (Fsp3) is 0.636. The molecule has 0 bridgehead atoms. The van der Waals surface area contributed by atoms with Crippen LogP contribution in [0.1, 0.15) is 36.6 Å². The van der Waals surface area contributed by atoms with Crippen molar-refractivity contribution in [1.29, 1.82) is 0 Å². The quantitative estimate of drug-likeness (QED) is 0.777. The first kappa shape index (κ1) is 11.1. The lowest BCUT2D eigenvalue weighted by molar-refractivity contribution is -0.138. The van der Waals surface area contributed by atoms with Gasteiger partial charge in [-0.05, 0) is 31.7 Å². The molecule has 0 saturated carbocycles. The van der Waals surface area contributed by atoms with E-state index >= 15 is 0 Å². The van der Waals surface area contributed by atoms with Gasteiger partial charge in [0.2, 0.25) is 5.91 Å². The van der Waals surface area contributed by atoms with Crippen LogP contribution in [0.2, 0.25) is 0 Å². The molecule has 2 N–H and O–H groups in total. The van der Waals surface area contributed by atoms with E-state index in [0.717, 1.165) is 37.1 Å². The van der Waals surface area contributed by atoms with E-state index in [-0.39, 0.29) is 11.9 Å². The highest BCUT2D eigenvalue weighted by Crippen LogP contribution is 2.31. The molecule has 1 aliphatic heterocycles. The molecule has 0 aliphatic carbocycles. The van der Waals surface area contributed by atoms with Crippen LogP contribution in [0.5, 0.6) is 0 Å². The van der Waals surface area contributed by atoms with Crippen LogP contribution < -0.4 is 0 Å². The highest BCUT2D eigenvalue weighted by atomic mass is 16.3. The van der Waals surface area contributed by atoms with E-state index in [9.17, 15) is 4.79 Å². The summed E-state index contributed by atoms with van der Waals surface area (Å²) in [5, 5.41) is 15.9. The predicted molar refractivity (Wildman–Crippen MR) is 58.7 cm³/mol. The maximum absolute atomic E-state index is 11.6. The van der Waals surface area contributed by atoms with Crippen molar-refractivity contribution in [1.82, 2.24) is 15.1 Å². The molecule has 5 nitrogen and oxygen atoms in total. The van der Waals surface area contributed by atoms with Gasteiger partial charge in [-0.2, -0.15) is 5.10 Å². The summed E-state index contributed by atoms with van der Waals surface area (Å²) in [5.74, 6) is -0.196. The normalized spacial score (nSPS) is 21.1. The van der Waals surface area contributed by atoms with E-state index in [4.69, 9.17) is 5.11 Å². The molecule has 1 atom stereocenters. The van der Waals surface area contributed by atoms with Gasteiger partial charge in [0.15, 0.2) is 0 Å². The van der Waals surface area contributed by atoms with Crippen LogP contribution in [0.25, 0.3) is 0 Å². The number of amides is 1. The van der Waals surface area contributed by atoms with Crippen LogP contribution in [0.4, 0.5) is 0 Å². The summed E-state index contributed by atoms with van der Waals surface area (Å²) in [7, 11) is 0. The summed E-state index contributed by atoms with van der Waals surface area (Å²) in [6.45, 7) is 2.29. The van der Waals surface area contributed by atoms with E-state index in [1.54, 1.807) is 11.1 Å². The molecule has 1 fully saturated rings. The van der Waals surface area contributed by atoms with E-state index in [2.05, 4.69) is 10.2 Å². The first-order valence-electron chi connectivity index (χ1n) is 5.64. The average molecular weight is 223 g/mol. The Morgan fingerprint density at radius 1 is 1.69 bits per heavy atom. The molecule has 0 unspecified atom stereocenters. The second kappa shape index (κ2) is 4.65. The third-order valence-corrected chi connectivity index (χ3v) is 3.16. The molecule has 1 amide bonds. The number of aliphatic hydroxyl groups is 1. The van der Waals surface area contributed by atoms with Gasteiger partial charge in [0.25, 0.3) is 0 Å². The highest BCUT2D eigenvalue weighted by molar-refractivity contribution is 5.77. The molecular formula is C11H17N3O2. The van der Waals surface area contributed by atoms with Gasteiger partial charge in [0.05, 0.1) is 17.9 Å². The lowest BCUT2D eigenvalue weighted by Gasteiger charge is -2.35. The Labute approximate surface area is 94.5 Å². The smallest absolute Gasteiger partial charge is 0.248 e. The zero-order valence-corrected chi connectivity index (χ0v) is 9.44. The summed E-state index contributed by atoms with van der Waals surface area (Å²) >= 11 is 0. The van der Waals surface area contributed by atoms with Crippen LogP contribution >= 0.6 is 0 Å². The predicted octanol–water partition coefficient (Wildman–Crippen LogP) is 0.764. The van der Waals surface area contributed by atoms with E-state index < -0.39 is 6.61 Å². The van der Waals surface area contributed by atoms with Crippen molar-refractivity contribution in [3.63, 3.8) is 0 Å². The molecule has 5 heteroatoms. The molecule has 1 aromatic heterocycles. The molecule has 16 heavy (non-hydrogen) atoms. The van der Waals surface area contributed by atoms with Gasteiger partial charge in [-0.3, -0.25) is 9.89 Å². The van der Waals surface area contributed by atoms with Gasteiger partial charge in [0, 0.05) is 6.54 Å². The molecule has 1 aliphatic rings. The molecule has 2 heterocycles. The number of hydrogen-bond donors (Lipinski definition) is 2. The standard InChI is InChI=1S/C11H17N3O2/c1-8-6-12-13-11(8)9-4-2-3-5-14(9)10(16)7-15/h6,9,15H,2-5,7H2,1H3,(H,12,13)/t9-/m1/s1. The number of aliphatic hydroxyl groups excluding tert-OH is 1. The summed E-state index contributed by atoms with van der Waals surface area (Å²) < 4.78 is 0. The Morgan fingerprint density at radius 2 is 2.50 bits per heavy atom. The Balaban J connectivity index is 2.23. The topological polar surface area (TPSA) is 69.2 Å². The minimum absolute atomic E-state index is 0.0518. The van der Waals surface area contributed by atoms with Gasteiger partial charge in [-0.25, -0.2) is 0 Å². The number of aromatic nitrogens is 2. The van der Waals surface area contributed by atoms with Gasteiger partial charge in [0.1, 0.15) is 6.61 Å². The Kier molecular flexibility index (Phi) is 3.24. The number of carbonyl (C=O) groups is 1. The summed E-state index contributed by atoms with van der Waals surface area (Å²) in [5.41, 5.74) is 2.07. The molecule has 1 saturated heterocycles. The van der Waals surface area contributed by atoms with Gasteiger partial charge in [-0.15, -0.1) is 0 Å². The van der Waals surface area contributed by atoms with Crippen molar-refractivity contribution >= 4 is 5.91 Å². The SMILES string of the molecule is Cc1cn[nH]c1[C@H]1CCCCN1C(=O)CO. The number of rotatable bonds is 2. The van der Waals surface area contributed by atoms with Crippen molar-refractivity contribution in [2.75, 3.05) is 13.2 Å². The van der Waals surface area contributed by atoms with Crippen molar-refractivity contribution in [3.8, 4) is 0 Å². The largest absolute Gasteiger partial charge is 0.387 e. The number of hydrogen-bond acceptors (Lipinski definition) is 3. The number of piperidine rings is 1. The van der Waals surface area contributed by atoms with E-state index in [0.29, 0.717) is 0 Å². The monoisotopic (exact) mass is 223 g/mol. The molecule has 0 spiro atoms. The Hall–Kier alpha value is -1.36. The van der Waals surface area contributed by atoms with Gasteiger partial charge >= 0.3 is 0 Å². The number of carbonyl (C=O) groups excluding carboxylic acids is 1. The third kappa shape index (κ3) is 1.95. The zero-order chi connectivity index (χ0) is 11.5. The minimum Gasteiger partial charge on any atom is -0.387 e. The van der Waals surface area contributed by atoms with Crippen LogP contribution in [0.15, 0.2) is 6.20 Å². The van der Waals surface area contributed by atoms with Crippen LogP contribution in [0, 0.1) is 6.92 Å². The third-order valence-electron chi connectivity index (χ3n) is 3.16. The molecule has 1 aromatic rings. The molecule has 0 aromatic carbocycles. The zero-order valence-electron chi connectivity index (χ0n) is 9.44. The molecular weight excluding hydrogens is 206 g/mol. The average Bonchev–Trinajstić information content (AvgIpc) is 2.74. The summed E-state index contributed by atoms with van der Waals surface area (Å²) in [6, 6.07) is 0.0518. The van der Waals surface area contributed by atoms with E-state index in [1.807, 2.05) is 6.92 Å². The highest BCUT2D eigenvalue weighted by Gasteiger charge is 2.29. The number of aromatic amines is 1. The number of likely N-dealkylation sites (tertiary alicyclic amines) is 1. The maximum Gasteiger partial charge on any atom is 0.248 e. The van der Waals surface area contributed by atoms with Crippen LogP contribution in [-0.2, 0) is 4.79 Å². The van der Waals surface area contributed by atoms with E-state index in [1.165, 1.54) is 0 Å². The Bertz CT molecular complexity index is 375. The van der Waals surface area contributed by atoms with Gasteiger partial charge in [-0.1, -0.05) is 0 Å². The number of aryl methyl sites for hydroxylation is 1. The van der Waals surface area contributed by atoms with Crippen LogP contribution in [-0.4, -0.2) is 39.3 Å². The van der Waals surface area contributed by atoms with Gasteiger partial charge < -0.3 is 10.0 Å². The number of H-pyrrole nitrogens is 1. The fourth-order valence-corrected chi connectivity index (χ4v) is 2.31. The van der Waals surface area contributed by atoms with Crippen molar-refractivity contribution in [3.05, 3.63) is 17.5 Å². The second-order valence-electron chi connectivity index (χ2n) is 4.22. The maximum atomic E-state index is 11.6. The second-order valence-corrected chi connectivity index (χ2v) is 4.22. The lowest BCUT2D eigenvalue weighted by Crippen LogP contribution is -2.40. The fourth-order valence-electron chi connectivity index (χ4n) is 2.31. The molecule has 2 rings (SSSR count). The summed E-state index contributed by atoms with van der Waals surface area (Å²) in [6.07, 6.45) is 4.83. The van der Waals surface area contributed by atoms with Crippen molar-refractivity contribution in [2.24, 2.45) is 0 Å². The van der Waals surface area contributed by atoms with Crippen molar-refractivity contribution in [2.45, 2.75) is 32.2 Å². The number of nitrogens with zero attached hydrogens (tertiary/aromatic N) is 2. The first-order valence-corrected chi connectivity index (χ1v) is 5.64. The Morgan fingerprint density at radius 3 is 3.12 bits per heavy atom. The minimum atomic E-state index is -0.413. The first-order chi connectivity index (χ1) is 7.74. The molecule has 0 radical (unpaired) electrons. The van der Waals surface area contributed by atoms with Crippen LogP contribution in [0.3, 0.4) is 0 Å². The number of nitrogens with one attached hydrogen (secondary N) is 1. The molecule has 88 valence electrons. The van der Waals surface area contributed by atoms with Crippen molar-refractivity contribution < 1.29 is 9.90 Å².